The molecule has 0 amide bonds. The van der Waals surface area contributed by atoms with E-state index in [2.05, 4.69) is 12.2 Å². The fourth-order valence-electron chi connectivity index (χ4n) is 3.28. The van der Waals surface area contributed by atoms with E-state index < -0.39 is 0 Å². The Morgan fingerprint density at radius 1 is 1.27 bits per heavy atom. The molecule has 0 aromatic rings. The summed E-state index contributed by atoms with van der Waals surface area (Å²) >= 11 is 0. The summed E-state index contributed by atoms with van der Waals surface area (Å²) in [6.45, 7) is 1.50. The van der Waals surface area contributed by atoms with Crippen LogP contribution < -0.4 is 0 Å². The summed E-state index contributed by atoms with van der Waals surface area (Å²) in [5.41, 5.74) is 0. The third-order valence-electron chi connectivity index (χ3n) is 3.87. The van der Waals surface area contributed by atoms with Crippen molar-refractivity contribution in [1.29, 1.82) is 0 Å². The molecule has 1 aliphatic carbocycles. The molecule has 0 spiro atoms. The summed E-state index contributed by atoms with van der Waals surface area (Å²) in [7, 11) is 0. The van der Waals surface area contributed by atoms with Crippen molar-refractivity contribution in [2.24, 2.45) is 11.8 Å². The van der Waals surface area contributed by atoms with Crippen molar-refractivity contribution < 1.29 is 14.3 Å². The van der Waals surface area contributed by atoms with Gasteiger partial charge in [-0.1, -0.05) is 18.6 Å². The summed E-state index contributed by atoms with van der Waals surface area (Å²) in [6.07, 6.45) is 8.26. The quantitative estimate of drug-likeness (QED) is 0.485. The lowest BCUT2D eigenvalue weighted by Gasteiger charge is -2.45. The lowest BCUT2D eigenvalue weighted by atomic mass is 9.73. The fraction of sp³-hybridized carbons (Fsp3) is 0.750. The van der Waals surface area contributed by atoms with Crippen molar-refractivity contribution >= 4 is 5.97 Å². The highest BCUT2D eigenvalue weighted by atomic mass is 16.6. The number of rotatable bonds is 1. The van der Waals surface area contributed by atoms with E-state index in [1.165, 1.54) is 13.3 Å². The second-order valence-electron chi connectivity index (χ2n) is 4.78. The summed E-state index contributed by atoms with van der Waals surface area (Å²) in [5.74, 6) is 0.628. The van der Waals surface area contributed by atoms with E-state index in [-0.39, 0.29) is 24.3 Å². The van der Waals surface area contributed by atoms with Gasteiger partial charge in [-0.05, 0) is 12.8 Å². The van der Waals surface area contributed by atoms with Crippen molar-refractivity contribution in [3.05, 3.63) is 12.2 Å². The summed E-state index contributed by atoms with van der Waals surface area (Å²) in [5, 5.41) is 0. The molecule has 1 saturated heterocycles. The Morgan fingerprint density at radius 3 is 2.40 bits per heavy atom. The fourth-order valence-corrected chi connectivity index (χ4v) is 3.28. The van der Waals surface area contributed by atoms with Crippen LogP contribution in [0.15, 0.2) is 12.2 Å². The zero-order chi connectivity index (χ0) is 10.4. The molecule has 15 heavy (non-hydrogen) atoms. The maximum atomic E-state index is 11.1. The molecular weight excluding hydrogens is 192 g/mol. The van der Waals surface area contributed by atoms with Gasteiger partial charge in [0.15, 0.2) is 0 Å². The SMILES string of the molecule is CC(=O)OC1[C@H]2CCC[C@@H]1[C@H]1C=C[C@@H]2O1. The van der Waals surface area contributed by atoms with Crippen LogP contribution in [0, 0.1) is 11.8 Å². The van der Waals surface area contributed by atoms with Crippen LogP contribution in [-0.2, 0) is 14.3 Å². The van der Waals surface area contributed by atoms with Crippen molar-refractivity contribution in [2.45, 2.75) is 44.5 Å². The van der Waals surface area contributed by atoms with E-state index >= 15 is 0 Å². The zero-order valence-corrected chi connectivity index (χ0v) is 8.89. The first kappa shape index (κ1) is 9.40. The monoisotopic (exact) mass is 208 g/mol. The summed E-state index contributed by atoms with van der Waals surface area (Å²) in [6, 6.07) is 0. The summed E-state index contributed by atoms with van der Waals surface area (Å²) < 4.78 is 11.4. The molecule has 1 unspecified atom stereocenters. The van der Waals surface area contributed by atoms with Crippen molar-refractivity contribution in [3.63, 3.8) is 0 Å². The first-order chi connectivity index (χ1) is 7.25. The van der Waals surface area contributed by atoms with E-state index in [4.69, 9.17) is 9.47 Å². The zero-order valence-electron chi connectivity index (χ0n) is 8.89. The average Bonchev–Trinajstić information content (AvgIpc) is 2.61. The number of hydrogen-bond acceptors (Lipinski definition) is 3. The van der Waals surface area contributed by atoms with Gasteiger partial charge in [-0.3, -0.25) is 4.79 Å². The first-order valence-electron chi connectivity index (χ1n) is 5.77. The number of ether oxygens (including phenoxy) is 2. The van der Waals surface area contributed by atoms with E-state index in [9.17, 15) is 4.79 Å². The molecule has 2 aliphatic heterocycles. The normalized spacial score (nSPS) is 46.6. The standard InChI is InChI=1S/C12H16O3/c1-7(13)14-12-8-3-2-4-9(12)11-6-5-10(8)15-11/h5-6,8-12H,2-4H2,1H3/t8-,9+,10-,11+,12?. The molecule has 0 aromatic heterocycles. The molecule has 0 aromatic carbocycles. The number of carbonyl (C=O) groups is 1. The van der Waals surface area contributed by atoms with E-state index in [0.717, 1.165) is 12.8 Å². The van der Waals surface area contributed by atoms with E-state index in [0.29, 0.717) is 11.8 Å². The number of carbonyl (C=O) groups excluding carboxylic acids is 1. The first-order valence-corrected chi connectivity index (χ1v) is 5.77. The molecule has 3 rings (SSSR count). The minimum atomic E-state index is -0.154. The molecule has 0 N–H and O–H groups in total. The topological polar surface area (TPSA) is 35.5 Å². The third-order valence-corrected chi connectivity index (χ3v) is 3.87. The molecule has 2 heterocycles. The maximum Gasteiger partial charge on any atom is 0.302 e. The molecule has 82 valence electrons. The molecule has 3 aliphatic rings. The average molecular weight is 208 g/mol. The van der Waals surface area contributed by atoms with E-state index in [1.54, 1.807) is 0 Å². The van der Waals surface area contributed by atoms with Crippen LogP contribution in [0.1, 0.15) is 26.2 Å². The van der Waals surface area contributed by atoms with Crippen LogP contribution in [0.5, 0.6) is 0 Å². The van der Waals surface area contributed by atoms with Crippen LogP contribution in [0.2, 0.25) is 0 Å². The molecule has 4 bridgehead atoms. The highest BCUT2D eigenvalue weighted by Crippen LogP contribution is 2.45. The molecule has 5 atom stereocenters. The highest BCUT2D eigenvalue weighted by molar-refractivity contribution is 5.66. The minimum absolute atomic E-state index is 0.0926. The van der Waals surface area contributed by atoms with Crippen molar-refractivity contribution in [3.8, 4) is 0 Å². The Morgan fingerprint density at radius 2 is 1.87 bits per heavy atom. The molecule has 3 nitrogen and oxygen atoms in total. The lowest BCUT2D eigenvalue weighted by molar-refractivity contribution is -0.183. The van der Waals surface area contributed by atoms with Crippen molar-refractivity contribution in [2.75, 3.05) is 0 Å². The summed E-state index contributed by atoms with van der Waals surface area (Å²) in [4.78, 5) is 11.1. The number of esters is 1. The van der Waals surface area contributed by atoms with Gasteiger partial charge in [0.1, 0.15) is 6.10 Å². The Hall–Kier alpha value is -0.830. The van der Waals surface area contributed by atoms with Gasteiger partial charge in [-0.15, -0.1) is 0 Å². The molecule has 3 heteroatoms. The molecular formula is C12H16O3. The van der Waals surface area contributed by atoms with Crippen LogP contribution in [-0.4, -0.2) is 24.3 Å². The molecule has 0 radical (unpaired) electrons. The predicted molar refractivity (Wildman–Crippen MR) is 54.2 cm³/mol. The molecule has 1 saturated carbocycles. The minimum Gasteiger partial charge on any atom is -0.462 e. The Kier molecular flexibility index (Phi) is 2.09. The number of hydrogen-bond donors (Lipinski definition) is 0. The maximum absolute atomic E-state index is 11.1. The van der Waals surface area contributed by atoms with Gasteiger partial charge in [0.2, 0.25) is 0 Å². The highest BCUT2D eigenvalue weighted by Gasteiger charge is 2.50. The van der Waals surface area contributed by atoms with Crippen LogP contribution >= 0.6 is 0 Å². The lowest BCUT2D eigenvalue weighted by Crippen LogP contribution is -2.51. The van der Waals surface area contributed by atoms with Gasteiger partial charge in [-0.2, -0.15) is 0 Å². The van der Waals surface area contributed by atoms with Gasteiger partial charge in [0.25, 0.3) is 0 Å². The Balaban J connectivity index is 1.86. The number of fused-ring (bicyclic) bond motifs is 6. The Labute approximate surface area is 89.4 Å². The van der Waals surface area contributed by atoms with Gasteiger partial charge in [0.05, 0.1) is 12.2 Å². The van der Waals surface area contributed by atoms with Gasteiger partial charge in [-0.25, -0.2) is 0 Å². The van der Waals surface area contributed by atoms with Crippen LogP contribution in [0.3, 0.4) is 0 Å². The Bertz CT molecular complexity index is 290. The molecule has 2 fully saturated rings. The van der Waals surface area contributed by atoms with E-state index in [1.807, 2.05) is 0 Å². The van der Waals surface area contributed by atoms with Gasteiger partial charge in [0, 0.05) is 18.8 Å². The van der Waals surface area contributed by atoms with Gasteiger partial charge < -0.3 is 9.47 Å². The second kappa shape index (κ2) is 3.34. The third kappa shape index (κ3) is 1.41. The predicted octanol–water partition coefficient (Wildman–Crippen LogP) is 1.67. The largest absolute Gasteiger partial charge is 0.462 e. The second-order valence-corrected chi connectivity index (χ2v) is 4.78. The van der Waals surface area contributed by atoms with Gasteiger partial charge >= 0.3 is 5.97 Å². The van der Waals surface area contributed by atoms with Crippen LogP contribution in [0.25, 0.3) is 0 Å². The van der Waals surface area contributed by atoms with Crippen molar-refractivity contribution in [1.82, 2.24) is 0 Å². The van der Waals surface area contributed by atoms with Crippen LogP contribution in [0.4, 0.5) is 0 Å². The smallest absolute Gasteiger partial charge is 0.302 e.